The molecule has 0 bridgehead atoms. The fourth-order valence-corrected chi connectivity index (χ4v) is 3.41. The van der Waals surface area contributed by atoms with Crippen molar-refractivity contribution in [1.29, 1.82) is 0 Å². The molecule has 3 heterocycles. The summed E-state index contributed by atoms with van der Waals surface area (Å²) in [5.41, 5.74) is 0. The molecule has 136 valence electrons. The Morgan fingerprint density at radius 1 is 1.28 bits per heavy atom. The van der Waals surface area contributed by atoms with E-state index in [1.165, 1.54) is 0 Å². The van der Waals surface area contributed by atoms with E-state index in [2.05, 4.69) is 10.2 Å². The molecule has 0 radical (unpaired) electrons. The number of fused-ring (bicyclic) bond motifs is 1. The minimum absolute atomic E-state index is 0.0406. The molecule has 0 aromatic carbocycles. The number of halogens is 3. The van der Waals surface area contributed by atoms with Crippen LogP contribution in [-0.4, -0.2) is 48.7 Å². The molecular weight excluding hydrogens is 355 g/mol. The van der Waals surface area contributed by atoms with Crippen molar-refractivity contribution in [2.45, 2.75) is 31.7 Å². The van der Waals surface area contributed by atoms with Gasteiger partial charge in [0, 0.05) is 25.5 Å². The van der Waals surface area contributed by atoms with E-state index >= 15 is 0 Å². The quantitative estimate of drug-likeness (QED) is 0.808. The molecule has 0 spiro atoms. The van der Waals surface area contributed by atoms with Crippen LogP contribution in [0.2, 0.25) is 0 Å². The van der Waals surface area contributed by atoms with Crippen LogP contribution in [-0.2, 0) is 24.1 Å². The third-order valence-electron chi connectivity index (χ3n) is 4.19. The van der Waals surface area contributed by atoms with Gasteiger partial charge < -0.3 is 14.0 Å². The zero-order valence-corrected chi connectivity index (χ0v) is 14.4. The highest BCUT2D eigenvalue weighted by atomic mass is 32.2. The maximum atomic E-state index is 12.9. The normalized spacial score (nSPS) is 15.9. The highest BCUT2D eigenvalue weighted by Crippen LogP contribution is 2.30. The number of aromatic nitrogens is 4. The maximum Gasteiger partial charge on any atom is 0.451 e. The second kappa shape index (κ2) is 7.11. The molecule has 0 saturated heterocycles. The van der Waals surface area contributed by atoms with E-state index in [1.54, 1.807) is 16.7 Å². The number of nitrogens with zero attached hydrogens (tertiary/aromatic N) is 5. The second-order valence-electron chi connectivity index (χ2n) is 5.78. The van der Waals surface area contributed by atoms with Gasteiger partial charge in [-0.2, -0.15) is 24.9 Å². The van der Waals surface area contributed by atoms with Crippen LogP contribution in [0.4, 0.5) is 13.2 Å². The smallest absolute Gasteiger partial charge is 0.342 e. The molecule has 1 atom stereocenters. The average molecular weight is 373 g/mol. The summed E-state index contributed by atoms with van der Waals surface area (Å²) in [7, 11) is 0. The van der Waals surface area contributed by atoms with Crippen molar-refractivity contribution in [3.63, 3.8) is 0 Å². The number of amides is 1. The van der Waals surface area contributed by atoms with Crippen LogP contribution in [0.3, 0.4) is 0 Å². The van der Waals surface area contributed by atoms with Gasteiger partial charge in [0.15, 0.2) is 5.82 Å². The van der Waals surface area contributed by atoms with Gasteiger partial charge in [-0.15, -0.1) is 10.2 Å². The number of hydrogen-bond acceptors (Lipinski definition) is 4. The predicted octanol–water partition coefficient (Wildman–Crippen LogP) is 2.44. The fourth-order valence-electron chi connectivity index (χ4n) is 2.95. The van der Waals surface area contributed by atoms with Crippen LogP contribution in [0.1, 0.15) is 24.1 Å². The molecule has 3 rings (SSSR count). The van der Waals surface area contributed by atoms with Crippen LogP contribution < -0.4 is 0 Å². The third-order valence-corrected chi connectivity index (χ3v) is 4.83. The van der Waals surface area contributed by atoms with Gasteiger partial charge in [0.25, 0.3) is 0 Å². The lowest BCUT2D eigenvalue weighted by Gasteiger charge is -2.31. The maximum absolute atomic E-state index is 12.9. The molecule has 0 unspecified atom stereocenters. The molecule has 0 N–H and O–H groups in total. The van der Waals surface area contributed by atoms with Crippen LogP contribution in [0, 0.1) is 0 Å². The van der Waals surface area contributed by atoms with Crippen molar-refractivity contribution in [1.82, 2.24) is 24.2 Å². The second-order valence-corrected chi connectivity index (χ2v) is 6.76. The molecule has 1 aliphatic heterocycles. The molecule has 6 nitrogen and oxygen atoms in total. The highest BCUT2D eigenvalue weighted by molar-refractivity contribution is 7.98. The highest BCUT2D eigenvalue weighted by Gasteiger charge is 2.40. The first-order chi connectivity index (χ1) is 11.9. The molecular formula is C15H18F3N5OS. The van der Waals surface area contributed by atoms with E-state index in [0.29, 0.717) is 6.42 Å². The van der Waals surface area contributed by atoms with Gasteiger partial charge in [-0.1, -0.05) is 0 Å². The number of thioether (sulfide) groups is 1. The van der Waals surface area contributed by atoms with Crippen molar-refractivity contribution in [2.24, 2.45) is 0 Å². The largest absolute Gasteiger partial charge is 0.451 e. The summed E-state index contributed by atoms with van der Waals surface area (Å²) in [4.78, 5) is 14.5. The third kappa shape index (κ3) is 3.68. The molecule has 10 heteroatoms. The molecule has 0 aliphatic carbocycles. The lowest BCUT2D eigenvalue weighted by Crippen LogP contribution is -2.43. The summed E-state index contributed by atoms with van der Waals surface area (Å²) >= 11 is 1.65. The SMILES string of the molecule is CSCC[C@@H](C(=O)N1CCn2c(nnc2C(F)(F)F)C1)n1cccc1. The Kier molecular flexibility index (Phi) is 5.07. The molecule has 0 fully saturated rings. The van der Waals surface area contributed by atoms with Crippen LogP contribution >= 0.6 is 11.8 Å². The van der Waals surface area contributed by atoms with Crippen LogP contribution in [0.25, 0.3) is 0 Å². The zero-order valence-electron chi connectivity index (χ0n) is 13.6. The summed E-state index contributed by atoms with van der Waals surface area (Å²) < 4.78 is 41.6. The number of rotatable bonds is 5. The lowest BCUT2D eigenvalue weighted by atomic mass is 10.1. The monoisotopic (exact) mass is 373 g/mol. The predicted molar refractivity (Wildman–Crippen MR) is 86.9 cm³/mol. The van der Waals surface area contributed by atoms with E-state index in [1.807, 2.05) is 35.3 Å². The van der Waals surface area contributed by atoms with E-state index in [9.17, 15) is 18.0 Å². The van der Waals surface area contributed by atoms with E-state index in [4.69, 9.17) is 0 Å². The summed E-state index contributed by atoms with van der Waals surface area (Å²) in [6.45, 7) is 0.298. The number of alkyl halides is 3. The van der Waals surface area contributed by atoms with Gasteiger partial charge in [0.2, 0.25) is 11.7 Å². The minimum atomic E-state index is -4.54. The Hall–Kier alpha value is -1.97. The van der Waals surface area contributed by atoms with Crippen molar-refractivity contribution in [3.05, 3.63) is 36.2 Å². The molecule has 25 heavy (non-hydrogen) atoms. The van der Waals surface area contributed by atoms with E-state index in [0.717, 1.165) is 10.3 Å². The molecule has 0 saturated carbocycles. The lowest BCUT2D eigenvalue weighted by molar-refractivity contribution is -0.148. The first kappa shape index (κ1) is 17.8. The van der Waals surface area contributed by atoms with Crippen molar-refractivity contribution in [2.75, 3.05) is 18.6 Å². The molecule has 2 aromatic rings. The summed E-state index contributed by atoms with van der Waals surface area (Å²) in [6, 6.07) is 3.34. The Morgan fingerprint density at radius 2 is 2.00 bits per heavy atom. The van der Waals surface area contributed by atoms with Crippen molar-refractivity contribution >= 4 is 17.7 Å². The minimum Gasteiger partial charge on any atom is -0.342 e. The standard InChI is InChI=1S/C15H18F3N5OS/c1-25-9-4-11(21-5-2-3-6-21)13(24)22-7-8-23-12(10-22)19-20-14(23)15(16,17)18/h2-3,5-6,11H,4,7-10H2,1H3/t11-/m0/s1. The fraction of sp³-hybridized carbons (Fsp3) is 0.533. The molecule has 1 amide bonds. The topological polar surface area (TPSA) is 56.0 Å². The summed E-state index contributed by atoms with van der Waals surface area (Å²) in [5, 5.41) is 6.88. The van der Waals surface area contributed by atoms with E-state index in [-0.39, 0.29) is 37.4 Å². The molecule has 2 aromatic heterocycles. The Morgan fingerprint density at radius 3 is 2.64 bits per heavy atom. The van der Waals surface area contributed by atoms with Crippen molar-refractivity contribution in [3.8, 4) is 0 Å². The van der Waals surface area contributed by atoms with Crippen molar-refractivity contribution < 1.29 is 18.0 Å². The van der Waals surface area contributed by atoms with Crippen LogP contribution in [0.5, 0.6) is 0 Å². The first-order valence-corrected chi connectivity index (χ1v) is 9.20. The van der Waals surface area contributed by atoms with Crippen LogP contribution in [0.15, 0.2) is 24.5 Å². The van der Waals surface area contributed by atoms with Gasteiger partial charge in [-0.05, 0) is 30.6 Å². The average Bonchev–Trinajstić information content (AvgIpc) is 3.23. The molecule has 1 aliphatic rings. The number of hydrogen-bond donors (Lipinski definition) is 0. The van der Waals surface area contributed by atoms with E-state index < -0.39 is 12.0 Å². The zero-order chi connectivity index (χ0) is 18.0. The van der Waals surface area contributed by atoms with Gasteiger partial charge >= 0.3 is 6.18 Å². The number of carbonyl (C=O) groups excluding carboxylic acids is 1. The first-order valence-electron chi connectivity index (χ1n) is 7.81. The van der Waals surface area contributed by atoms with Gasteiger partial charge in [0.05, 0.1) is 6.54 Å². The summed E-state index contributed by atoms with van der Waals surface area (Å²) in [6.07, 6.45) is 1.75. The van der Waals surface area contributed by atoms with Gasteiger partial charge in [-0.25, -0.2) is 0 Å². The Bertz CT molecular complexity index is 728. The van der Waals surface area contributed by atoms with Gasteiger partial charge in [-0.3, -0.25) is 4.79 Å². The van der Waals surface area contributed by atoms with Gasteiger partial charge in [0.1, 0.15) is 6.04 Å². The Balaban J connectivity index is 1.78. The Labute approximate surface area is 147 Å². The summed E-state index contributed by atoms with van der Waals surface area (Å²) in [5.74, 6) is -0.119. The number of carbonyl (C=O) groups is 1.